The van der Waals surface area contributed by atoms with Crippen LogP contribution in [0.2, 0.25) is 0 Å². The lowest BCUT2D eigenvalue weighted by atomic mass is 9.97. The first-order valence-electron chi connectivity index (χ1n) is 9.54. The molecule has 0 bridgehead atoms. The summed E-state index contributed by atoms with van der Waals surface area (Å²) in [4.78, 5) is 23.1. The molecule has 5 heteroatoms. The van der Waals surface area contributed by atoms with Crippen LogP contribution in [0.4, 0.5) is 0 Å². The molecule has 0 spiro atoms. The van der Waals surface area contributed by atoms with Crippen LogP contribution in [0.25, 0.3) is 10.2 Å². The molecule has 0 unspecified atom stereocenters. The second-order valence-corrected chi connectivity index (χ2v) is 8.30. The molecule has 2 aromatic heterocycles. The van der Waals surface area contributed by atoms with Gasteiger partial charge in [-0.1, -0.05) is 13.3 Å². The standard InChI is InChI=1S/C19H27N3OS/c1-2-3-12-22-16(13-21-10-6-7-11-21)20-18-17(19(22)23)14-8-4-5-9-15(14)24-18/h2-13H2,1H3. The highest BCUT2D eigenvalue weighted by Crippen LogP contribution is 2.34. The summed E-state index contributed by atoms with van der Waals surface area (Å²) in [5.41, 5.74) is 1.54. The molecule has 0 saturated carbocycles. The minimum absolute atomic E-state index is 0.224. The zero-order valence-electron chi connectivity index (χ0n) is 14.6. The number of rotatable bonds is 5. The molecule has 0 atom stereocenters. The topological polar surface area (TPSA) is 38.1 Å². The Bertz CT molecular complexity index is 786. The minimum Gasteiger partial charge on any atom is -0.296 e. The zero-order chi connectivity index (χ0) is 16.5. The maximum absolute atomic E-state index is 13.3. The minimum atomic E-state index is 0.224. The molecule has 1 saturated heterocycles. The van der Waals surface area contributed by atoms with Crippen LogP contribution in [0.15, 0.2) is 4.79 Å². The highest BCUT2D eigenvalue weighted by atomic mass is 32.1. The predicted molar refractivity (Wildman–Crippen MR) is 99.9 cm³/mol. The quantitative estimate of drug-likeness (QED) is 0.829. The van der Waals surface area contributed by atoms with Gasteiger partial charge in [-0.05, 0) is 63.6 Å². The summed E-state index contributed by atoms with van der Waals surface area (Å²) in [7, 11) is 0. The van der Waals surface area contributed by atoms with Gasteiger partial charge in [-0.25, -0.2) is 4.98 Å². The van der Waals surface area contributed by atoms with Crippen molar-refractivity contribution < 1.29 is 0 Å². The van der Waals surface area contributed by atoms with Gasteiger partial charge in [-0.2, -0.15) is 0 Å². The van der Waals surface area contributed by atoms with E-state index in [9.17, 15) is 4.79 Å². The first-order valence-corrected chi connectivity index (χ1v) is 10.4. The molecule has 0 aromatic carbocycles. The van der Waals surface area contributed by atoms with E-state index in [1.54, 1.807) is 11.3 Å². The third-order valence-electron chi connectivity index (χ3n) is 5.45. The van der Waals surface area contributed by atoms with E-state index in [1.165, 1.54) is 36.1 Å². The van der Waals surface area contributed by atoms with Crippen molar-refractivity contribution >= 4 is 21.6 Å². The van der Waals surface area contributed by atoms with Gasteiger partial charge < -0.3 is 0 Å². The molecule has 1 aliphatic carbocycles. The van der Waals surface area contributed by atoms with E-state index in [-0.39, 0.29) is 5.56 Å². The van der Waals surface area contributed by atoms with Gasteiger partial charge in [-0.15, -0.1) is 11.3 Å². The Kier molecular flexibility index (Phi) is 4.72. The lowest BCUT2D eigenvalue weighted by Crippen LogP contribution is -2.30. The summed E-state index contributed by atoms with van der Waals surface area (Å²) in [6, 6.07) is 0. The van der Waals surface area contributed by atoms with Gasteiger partial charge in [0.05, 0.1) is 11.9 Å². The van der Waals surface area contributed by atoms with Crippen molar-refractivity contribution in [1.82, 2.24) is 14.5 Å². The smallest absolute Gasteiger partial charge is 0.262 e. The summed E-state index contributed by atoms with van der Waals surface area (Å²) >= 11 is 1.78. The Hall–Kier alpha value is -1.20. The number of aromatic nitrogens is 2. The second kappa shape index (κ2) is 6.96. The summed E-state index contributed by atoms with van der Waals surface area (Å²) in [6.45, 7) is 6.11. The second-order valence-electron chi connectivity index (χ2n) is 7.21. The number of hydrogen-bond acceptors (Lipinski definition) is 4. The molecule has 0 amide bonds. The van der Waals surface area contributed by atoms with Crippen LogP contribution >= 0.6 is 11.3 Å². The number of hydrogen-bond donors (Lipinski definition) is 0. The average Bonchev–Trinajstić information content (AvgIpc) is 3.21. The maximum Gasteiger partial charge on any atom is 0.262 e. The van der Waals surface area contributed by atoms with Crippen molar-refractivity contribution in [2.45, 2.75) is 71.4 Å². The Balaban J connectivity index is 1.81. The Labute approximate surface area is 147 Å². The Morgan fingerprint density at radius 3 is 2.71 bits per heavy atom. The van der Waals surface area contributed by atoms with Crippen molar-refractivity contribution in [3.8, 4) is 0 Å². The number of thiophene rings is 1. The van der Waals surface area contributed by atoms with Crippen LogP contribution in [0.5, 0.6) is 0 Å². The van der Waals surface area contributed by atoms with E-state index in [2.05, 4.69) is 11.8 Å². The fourth-order valence-electron chi connectivity index (χ4n) is 4.09. The third-order valence-corrected chi connectivity index (χ3v) is 6.64. The molecule has 0 radical (unpaired) electrons. The Morgan fingerprint density at radius 2 is 1.92 bits per heavy atom. The summed E-state index contributed by atoms with van der Waals surface area (Å²) in [5, 5.41) is 0.941. The summed E-state index contributed by atoms with van der Waals surface area (Å²) in [5.74, 6) is 0.987. The van der Waals surface area contributed by atoms with E-state index < -0.39 is 0 Å². The largest absolute Gasteiger partial charge is 0.296 e. The molecule has 2 aromatic rings. The lowest BCUT2D eigenvalue weighted by Gasteiger charge is -2.18. The van der Waals surface area contributed by atoms with Gasteiger partial charge in [0.25, 0.3) is 5.56 Å². The van der Waals surface area contributed by atoms with Gasteiger partial charge in [0, 0.05) is 11.4 Å². The van der Waals surface area contributed by atoms with Crippen molar-refractivity contribution in [2.75, 3.05) is 13.1 Å². The van der Waals surface area contributed by atoms with Gasteiger partial charge >= 0.3 is 0 Å². The molecule has 4 rings (SSSR count). The van der Waals surface area contributed by atoms with Crippen molar-refractivity contribution in [3.63, 3.8) is 0 Å². The first-order chi connectivity index (χ1) is 11.8. The molecule has 24 heavy (non-hydrogen) atoms. The molecule has 1 aliphatic heterocycles. The van der Waals surface area contributed by atoms with Crippen molar-refractivity contribution in [1.29, 1.82) is 0 Å². The maximum atomic E-state index is 13.3. The highest BCUT2D eigenvalue weighted by Gasteiger charge is 2.23. The van der Waals surface area contributed by atoms with Crippen molar-refractivity contribution in [3.05, 3.63) is 26.6 Å². The van der Waals surface area contributed by atoms with Crippen LogP contribution in [-0.4, -0.2) is 27.5 Å². The number of likely N-dealkylation sites (tertiary alicyclic amines) is 1. The summed E-state index contributed by atoms with van der Waals surface area (Å²) < 4.78 is 1.99. The normalized spacial score (nSPS) is 18.4. The molecular weight excluding hydrogens is 318 g/mol. The zero-order valence-corrected chi connectivity index (χ0v) is 15.5. The molecule has 130 valence electrons. The molecule has 4 nitrogen and oxygen atoms in total. The fourth-order valence-corrected chi connectivity index (χ4v) is 5.36. The Morgan fingerprint density at radius 1 is 1.12 bits per heavy atom. The molecule has 0 N–H and O–H groups in total. The van der Waals surface area contributed by atoms with E-state index in [0.29, 0.717) is 0 Å². The molecule has 2 aliphatic rings. The fraction of sp³-hybridized carbons (Fsp3) is 0.684. The van der Waals surface area contributed by atoms with Gasteiger partial charge in [-0.3, -0.25) is 14.3 Å². The molecule has 3 heterocycles. The first kappa shape index (κ1) is 16.3. The molecular formula is C19H27N3OS. The number of nitrogens with zero attached hydrogens (tertiary/aromatic N) is 3. The van der Waals surface area contributed by atoms with E-state index >= 15 is 0 Å². The molecule has 1 fully saturated rings. The van der Waals surface area contributed by atoms with Gasteiger partial charge in [0.1, 0.15) is 10.7 Å². The van der Waals surface area contributed by atoms with Crippen LogP contribution < -0.4 is 5.56 Å². The lowest BCUT2D eigenvalue weighted by molar-refractivity contribution is 0.313. The van der Waals surface area contributed by atoms with Crippen LogP contribution in [0, 0.1) is 0 Å². The average molecular weight is 346 g/mol. The van der Waals surface area contributed by atoms with E-state index in [0.717, 1.165) is 67.9 Å². The number of aryl methyl sites for hydroxylation is 2. The number of unbranched alkanes of at least 4 members (excludes halogenated alkanes) is 1. The predicted octanol–water partition coefficient (Wildman–Crippen LogP) is 3.73. The van der Waals surface area contributed by atoms with Crippen molar-refractivity contribution in [2.24, 2.45) is 0 Å². The third kappa shape index (κ3) is 2.93. The highest BCUT2D eigenvalue weighted by molar-refractivity contribution is 7.18. The number of fused-ring (bicyclic) bond motifs is 3. The van der Waals surface area contributed by atoms with Crippen LogP contribution in [0.1, 0.15) is 61.7 Å². The monoisotopic (exact) mass is 345 g/mol. The van der Waals surface area contributed by atoms with Crippen LogP contribution in [0.3, 0.4) is 0 Å². The van der Waals surface area contributed by atoms with Crippen LogP contribution in [-0.2, 0) is 25.9 Å². The van der Waals surface area contributed by atoms with Gasteiger partial charge in [0.2, 0.25) is 0 Å². The summed E-state index contributed by atoms with van der Waals surface area (Å²) in [6.07, 6.45) is 9.36. The van der Waals surface area contributed by atoms with E-state index in [4.69, 9.17) is 4.98 Å². The van der Waals surface area contributed by atoms with Gasteiger partial charge in [0.15, 0.2) is 0 Å². The SMILES string of the molecule is CCCCn1c(CN2CCCC2)nc2sc3c(c2c1=O)CCCC3. The van der Waals surface area contributed by atoms with E-state index in [1.807, 2.05) is 4.57 Å².